The molecule has 1 saturated heterocycles. The molecule has 1 aromatic rings. The zero-order valence-electron chi connectivity index (χ0n) is 11.4. The van der Waals surface area contributed by atoms with Gasteiger partial charge in [0.25, 0.3) is 0 Å². The van der Waals surface area contributed by atoms with Crippen molar-refractivity contribution < 1.29 is 0 Å². The molecule has 0 aromatic heterocycles. The van der Waals surface area contributed by atoms with Crippen LogP contribution in [0.25, 0.3) is 0 Å². The van der Waals surface area contributed by atoms with Gasteiger partial charge in [-0.2, -0.15) is 0 Å². The summed E-state index contributed by atoms with van der Waals surface area (Å²) >= 11 is 0. The van der Waals surface area contributed by atoms with Crippen LogP contribution in [-0.2, 0) is 0 Å². The summed E-state index contributed by atoms with van der Waals surface area (Å²) in [4.78, 5) is 2.53. The largest absolute Gasteiger partial charge is 0.380 e. The Balaban J connectivity index is 1.78. The molecule has 1 saturated carbocycles. The van der Waals surface area contributed by atoms with Gasteiger partial charge >= 0.3 is 0 Å². The summed E-state index contributed by atoms with van der Waals surface area (Å²) in [6, 6.07) is 9.51. The molecule has 2 fully saturated rings. The van der Waals surface area contributed by atoms with Crippen LogP contribution in [-0.4, -0.2) is 19.1 Å². The predicted octanol–water partition coefficient (Wildman–Crippen LogP) is 3.89. The number of hydrogen-bond acceptors (Lipinski definition) is 2. The first-order valence-electron chi connectivity index (χ1n) is 7.45. The first-order chi connectivity index (χ1) is 8.84. The minimum Gasteiger partial charge on any atom is -0.380 e. The first kappa shape index (κ1) is 11.9. The van der Waals surface area contributed by atoms with E-state index in [2.05, 4.69) is 41.4 Å². The maximum atomic E-state index is 3.79. The second kappa shape index (κ2) is 5.21. The molecule has 0 radical (unpaired) electrons. The van der Waals surface area contributed by atoms with Gasteiger partial charge in [0.15, 0.2) is 0 Å². The molecule has 2 heteroatoms. The topological polar surface area (TPSA) is 15.3 Å². The SMILES string of the molecule is CC1CCCC1Nc1ccccc1N1CCCC1. The number of nitrogens with zero attached hydrogens (tertiary/aromatic N) is 1. The number of nitrogens with one attached hydrogen (secondary N) is 1. The summed E-state index contributed by atoms with van der Waals surface area (Å²) in [7, 11) is 0. The monoisotopic (exact) mass is 244 g/mol. The number of benzene rings is 1. The van der Waals surface area contributed by atoms with E-state index in [4.69, 9.17) is 0 Å². The van der Waals surface area contributed by atoms with Crippen LogP contribution < -0.4 is 10.2 Å². The number of para-hydroxylation sites is 2. The maximum Gasteiger partial charge on any atom is 0.0602 e. The molecule has 2 aliphatic rings. The molecule has 2 nitrogen and oxygen atoms in total. The molecule has 1 aromatic carbocycles. The highest BCUT2D eigenvalue weighted by atomic mass is 15.2. The van der Waals surface area contributed by atoms with E-state index in [0.29, 0.717) is 6.04 Å². The van der Waals surface area contributed by atoms with Gasteiger partial charge in [0.2, 0.25) is 0 Å². The zero-order chi connectivity index (χ0) is 12.4. The summed E-state index contributed by atoms with van der Waals surface area (Å²) in [5.41, 5.74) is 2.76. The first-order valence-corrected chi connectivity index (χ1v) is 7.45. The van der Waals surface area contributed by atoms with Crippen LogP contribution in [0, 0.1) is 5.92 Å². The Kier molecular flexibility index (Phi) is 3.44. The highest BCUT2D eigenvalue weighted by molar-refractivity contribution is 5.70. The lowest BCUT2D eigenvalue weighted by Gasteiger charge is -2.25. The molecule has 98 valence electrons. The van der Waals surface area contributed by atoms with Gasteiger partial charge < -0.3 is 10.2 Å². The van der Waals surface area contributed by atoms with Gasteiger partial charge in [0, 0.05) is 19.1 Å². The number of hydrogen-bond donors (Lipinski definition) is 1. The normalized spacial score (nSPS) is 27.7. The van der Waals surface area contributed by atoms with E-state index in [9.17, 15) is 0 Å². The third-order valence-corrected chi connectivity index (χ3v) is 4.55. The molecule has 18 heavy (non-hydrogen) atoms. The van der Waals surface area contributed by atoms with E-state index in [0.717, 1.165) is 5.92 Å². The van der Waals surface area contributed by atoms with Crippen LogP contribution in [0.15, 0.2) is 24.3 Å². The Hall–Kier alpha value is -1.18. The van der Waals surface area contributed by atoms with Gasteiger partial charge in [-0.05, 0) is 43.7 Å². The Morgan fingerprint density at radius 3 is 2.56 bits per heavy atom. The van der Waals surface area contributed by atoms with Crippen molar-refractivity contribution in [1.29, 1.82) is 0 Å². The Bertz CT molecular complexity index is 396. The highest BCUT2D eigenvalue weighted by Gasteiger charge is 2.24. The van der Waals surface area contributed by atoms with Crippen molar-refractivity contribution in [3.05, 3.63) is 24.3 Å². The molecule has 1 N–H and O–H groups in total. The maximum absolute atomic E-state index is 3.79. The summed E-state index contributed by atoms with van der Waals surface area (Å²) in [6.07, 6.45) is 6.77. The van der Waals surface area contributed by atoms with E-state index < -0.39 is 0 Å². The standard InChI is InChI=1S/C16H24N2/c1-13-7-6-9-14(13)17-15-8-2-3-10-16(15)18-11-4-5-12-18/h2-3,8,10,13-14,17H,4-7,9,11-12H2,1H3. The van der Waals surface area contributed by atoms with Crippen LogP contribution in [0.5, 0.6) is 0 Å². The molecule has 0 amide bonds. The van der Waals surface area contributed by atoms with Crippen molar-refractivity contribution in [2.24, 2.45) is 5.92 Å². The Labute approximate surface area is 110 Å². The van der Waals surface area contributed by atoms with E-state index in [1.165, 1.54) is 56.6 Å². The lowest BCUT2D eigenvalue weighted by atomic mass is 10.1. The van der Waals surface area contributed by atoms with E-state index in [1.54, 1.807) is 0 Å². The molecular formula is C16H24N2. The number of rotatable bonds is 3. The van der Waals surface area contributed by atoms with Crippen LogP contribution in [0.2, 0.25) is 0 Å². The minimum atomic E-state index is 0.675. The molecule has 1 aliphatic carbocycles. The van der Waals surface area contributed by atoms with Crippen molar-refractivity contribution in [3.8, 4) is 0 Å². The van der Waals surface area contributed by atoms with Gasteiger partial charge in [0.05, 0.1) is 11.4 Å². The molecule has 2 unspecified atom stereocenters. The molecular weight excluding hydrogens is 220 g/mol. The summed E-state index contributed by atoms with van der Waals surface area (Å²) in [6.45, 7) is 4.82. The lowest BCUT2D eigenvalue weighted by Crippen LogP contribution is -2.25. The van der Waals surface area contributed by atoms with Crippen molar-refractivity contribution in [2.45, 2.75) is 45.1 Å². The average molecular weight is 244 g/mol. The molecule has 1 aliphatic heterocycles. The van der Waals surface area contributed by atoms with Crippen molar-refractivity contribution in [1.82, 2.24) is 0 Å². The smallest absolute Gasteiger partial charge is 0.0602 e. The fourth-order valence-electron chi connectivity index (χ4n) is 3.39. The van der Waals surface area contributed by atoms with Crippen molar-refractivity contribution >= 4 is 11.4 Å². The minimum absolute atomic E-state index is 0.675. The number of anilines is 2. The summed E-state index contributed by atoms with van der Waals surface area (Å²) in [5.74, 6) is 0.816. The van der Waals surface area contributed by atoms with Crippen molar-refractivity contribution in [2.75, 3.05) is 23.3 Å². The van der Waals surface area contributed by atoms with Crippen LogP contribution >= 0.6 is 0 Å². The van der Waals surface area contributed by atoms with E-state index in [1.807, 2.05) is 0 Å². The second-order valence-corrected chi connectivity index (χ2v) is 5.87. The van der Waals surface area contributed by atoms with Gasteiger partial charge in [0.1, 0.15) is 0 Å². The van der Waals surface area contributed by atoms with Crippen LogP contribution in [0.4, 0.5) is 11.4 Å². The van der Waals surface area contributed by atoms with Gasteiger partial charge in [-0.15, -0.1) is 0 Å². The zero-order valence-corrected chi connectivity index (χ0v) is 11.4. The molecule has 0 bridgehead atoms. The highest BCUT2D eigenvalue weighted by Crippen LogP contribution is 2.33. The lowest BCUT2D eigenvalue weighted by molar-refractivity contribution is 0.556. The Morgan fingerprint density at radius 1 is 1.06 bits per heavy atom. The van der Waals surface area contributed by atoms with E-state index >= 15 is 0 Å². The summed E-state index contributed by atoms with van der Waals surface area (Å²) < 4.78 is 0. The van der Waals surface area contributed by atoms with Crippen LogP contribution in [0.1, 0.15) is 39.0 Å². The Morgan fingerprint density at radius 2 is 1.83 bits per heavy atom. The molecule has 3 rings (SSSR count). The predicted molar refractivity (Wildman–Crippen MR) is 78.3 cm³/mol. The fourth-order valence-corrected chi connectivity index (χ4v) is 3.39. The van der Waals surface area contributed by atoms with E-state index in [-0.39, 0.29) is 0 Å². The van der Waals surface area contributed by atoms with Crippen molar-refractivity contribution in [3.63, 3.8) is 0 Å². The average Bonchev–Trinajstić information content (AvgIpc) is 3.03. The third-order valence-electron chi connectivity index (χ3n) is 4.55. The van der Waals surface area contributed by atoms with Crippen LogP contribution in [0.3, 0.4) is 0 Å². The third kappa shape index (κ3) is 2.33. The molecule has 0 spiro atoms. The quantitative estimate of drug-likeness (QED) is 0.868. The van der Waals surface area contributed by atoms with Gasteiger partial charge in [-0.25, -0.2) is 0 Å². The fraction of sp³-hybridized carbons (Fsp3) is 0.625. The molecule has 2 atom stereocenters. The molecule has 1 heterocycles. The summed E-state index contributed by atoms with van der Waals surface area (Å²) in [5, 5.41) is 3.79. The second-order valence-electron chi connectivity index (χ2n) is 5.87. The van der Waals surface area contributed by atoms with Gasteiger partial charge in [-0.1, -0.05) is 25.5 Å². The van der Waals surface area contributed by atoms with Gasteiger partial charge in [-0.3, -0.25) is 0 Å².